The number of amidine groups is 1. The van der Waals surface area contributed by atoms with E-state index in [1.165, 1.54) is 11.8 Å². The Morgan fingerprint density at radius 3 is 2.53 bits per heavy atom. The number of nitrogens with zero attached hydrogens (tertiary/aromatic N) is 4. The summed E-state index contributed by atoms with van der Waals surface area (Å²) in [4.78, 5) is 20.0. The first kappa shape index (κ1) is 24.1. The summed E-state index contributed by atoms with van der Waals surface area (Å²) in [5.41, 5.74) is 3.48. The number of carbonyl (C=O) groups excluding carboxylic acids is 1. The SMILES string of the molecule is C=CCOc1ccc(-c2nn(-c3ccccc3)cc2/C=C2/SC(N3CC(C)OC(C)C3)=NC2=O)cc1. The molecule has 1 aromatic heterocycles. The third-order valence-electron chi connectivity index (χ3n) is 5.84. The topological polar surface area (TPSA) is 68.9 Å². The van der Waals surface area contributed by atoms with Crippen molar-refractivity contribution in [3.05, 3.63) is 83.9 Å². The lowest BCUT2D eigenvalue weighted by atomic mass is 10.1. The lowest BCUT2D eigenvalue weighted by Gasteiger charge is -2.35. The molecule has 2 aliphatic rings. The number of thioether (sulfide) groups is 1. The fourth-order valence-corrected chi connectivity index (χ4v) is 5.23. The molecule has 3 aromatic rings. The zero-order chi connectivity index (χ0) is 25.1. The highest BCUT2D eigenvalue weighted by molar-refractivity contribution is 8.18. The van der Waals surface area contributed by atoms with Gasteiger partial charge in [-0.1, -0.05) is 30.9 Å². The number of benzene rings is 2. The Morgan fingerprint density at radius 1 is 1.11 bits per heavy atom. The van der Waals surface area contributed by atoms with Crippen molar-refractivity contribution in [2.45, 2.75) is 26.1 Å². The molecule has 2 aromatic carbocycles. The zero-order valence-corrected chi connectivity index (χ0v) is 21.1. The molecule has 2 aliphatic heterocycles. The highest BCUT2D eigenvalue weighted by atomic mass is 32.2. The number of carbonyl (C=O) groups is 1. The van der Waals surface area contributed by atoms with Crippen LogP contribution < -0.4 is 4.74 Å². The molecule has 3 heterocycles. The van der Waals surface area contributed by atoms with Gasteiger partial charge in [-0.15, -0.1) is 0 Å². The number of morpholine rings is 1. The van der Waals surface area contributed by atoms with Crippen LogP contribution in [0.15, 0.2) is 83.3 Å². The molecule has 0 spiro atoms. The average molecular weight is 501 g/mol. The van der Waals surface area contributed by atoms with Crippen molar-refractivity contribution in [3.8, 4) is 22.7 Å². The smallest absolute Gasteiger partial charge is 0.286 e. The number of para-hydroxylation sites is 1. The first-order valence-corrected chi connectivity index (χ1v) is 12.7. The van der Waals surface area contributed by atoms with E-state index in [-0.39, 0.29) is 18.1 Å². The van der Waals surface area contributed by atoms with Crippen molar-refractivity contribution in [3.63, 3.8) is 0 Å². The summed E-state index contributed by atoms with van der Waals surface area (Å²) in [6, 6.07) is 17.7. The number of ether oxygens (including phenoxy) is 2. The summed E-state index contributed by atoms with van der Waals surface area (Å²) in [6.07, 6.45) is 5.74. The minimum absolute atomic E-state index is 0.0920. The monoisotopic (exact) mass is 500 g/mol. The Kier molecular flexibility index (Phi) is 7.06. The van der Waals surface area contributed by atoms with E-state index in [0.717, 1.165) is 33.4 Å². The Morgan fingerprint density at radius 2 is 1.83 bits per heavy atom. The minimum atomic E-state index is -0.228. The second kappa shape index (κ2) is 10.6. The van der Waals surface area contributed by atoms with Crippen LogP contribution in [0.1, 0.15) is 19.4 Å². The first-order valence-electron chi connectivity index (χ1n) is 11.9. The molecule has 1 saturated heterocycles. The van der Waals surface area contributed by atoms with Crippen LogP contribution in [0, 0.1) is 0 Å². The number of rotatable bonds is 6. The predicted molar refractivity (Wildman–Crippen MR) is 144 cm³/mol. The lowest BCUT2D eigenvalue weighted by Crippen LogP contribution is -2.47. The largest absolute Gasteiger partial charge is 0.490 e. The summed E-state index contributed by atoms with van der Waals surface area (Å²) >= 11 is 1.41. The van der Waals surface area contributed by atoms with Crippen LogP contribution >= 0.6 is 11.8 Å². The molecule has 1 amide bonds. The summed E-state index contributed by atoms with van der Waals surface area (Å²) < 4.78 is 13.3. The minimum Gasteiger partial charge on any atom is -0.490 e. The van der Waals surface area contributed by atoms with Gasteiger partial charge in [-0.05, 0) is 68.1 Å². The highest BCUT2D eigenvalue weighted by Gasteiger charge is 2.31. The Balaban J connectivity index is 1.46. The Hall–Kier alpha value is -3.62. The predicted octanol–water partition coefficient (Wildman–Crippen LogP) is 5.18. The van der Waals surface area contributed by atoms with Gasteiger partial charge in [0.1, 0.15) is 12.4 Å². The van der Waals surface area contributed by atoms with Crippen molar-refractivity contribution in [1.29, 1.82) is 0 Å². The van der Waals surface area contributed by atoms with Crippen molar-refractivity contribution in [1.82, 2.24) is 14.7 Å². The number of aromatic nitrogens is 2. The average Bonchev–Trinajstić information content (AvgIpc) is 3.47. The van der Waals surface area contributed by atoms with Crippen LogP contribution in [0.5, 0.6) is 5.75 Å². The van der Waals surface area contributed by atoms with E-state index in [2.05, 4.69) is 16.5 Å². The fraction of sp³-hybridized carbons (Fsp3) is 0.250. The van der Waals surface area contributed by atoms with Gasteiger partial charge in [-0.2, -0.15) is 10.1 Å². The number of hydrogen-bond acceptors (Lipinski definition) is 6. The molecule has 5 rings (SSSR count). The molecular formula is C28H28N4O3S. The molecule has 2 atom stereocenters. The van der Waals surface area contributed by atoms with E-state index in [1.807, 2.05) is 85.4 Å². The fourth-order valence-electron chi connectivity index (χ4n) is 4.30. The van der Waals surface area contributed by atoms with E-state index in [4.69, 9.17) is 14.6 Å². The molecule has 0 radical (unpaired) electrons. The maximum absolute atomic E-state index is 12.9. The van der Waals surface area contributed by atoms with E-state index < -0.39 is 0 Å². The van der Waals surface area contributed by atoms with Gasteiger partial charge in [-0.25, -0.2) is 4.68 Å². The molecular weight excluding hydrogens is 472 g/mol. The maximum Gasteiger partial charge on any atom is 0.286 e. The summed E-state index contributed by atoms with van der Waals surface area (Å²) in [6.45, 7) is 9.65. The normalized spacial score (nSPS) is 21.1. The standard InChI is InChI=1S/C28H28N4O3S/c1-4-14-34-24-12-10-21(11-13-24)26-22(18-32(30-26)23-8-6-5-7-9-23)15-25-27(33)29-28(36-25)31-16-19(2)35-20(3)17-31/h4-13,15,18-20H,1,14,16-17H2,2-3H3/b25-15+. The third kappa shape index (κ3) is 5.29. The van der Waals surface area contributed by atoms with Gasteiger partial charge in [0.15, 0.2) is 5.17 Å². The third-order valence-corrected chi connectivity index (χ3v) is 6.89. The lowest BCUT2D eigenvalue weighted by molar-refractivity contribution is -0.113. The van der Waals surface area contributed by atoms with Crippen LogP contribution in [0.4, 0.5) is 0 Å². The van der Waals surface area contributed by atoms with E-state index in [1.54, 1.807) is 6.08 Å². The quantitative estimate of drug-likeness (QED) is 0.343. The molecule has 0 bridgehead atoms. The van der Waals surface area contributed by atoms with Gasteiger partial charge in [0.2, 0.25) is 0 Å². The van der Waals surface area contributed by atoms with E-state index in [0.29, 0.717) is 24.6 Å². The number of hydrogen-bond donors (Lipinski definition) is 0. The van der Waals surface area contributed by atoms with Gasteiger partial charge in [0.25, 0.3) is 5.91 Å². The second-order valence-electron chi connectivity index (χ2n) is 8.81. The van der Waals surface area contributed by atoms with Crippen molar-refractivity contribution in [2.75, 3.05) is 19.7 Å². The molecule has 0 N–H and O–H groups in total. The van der Waals surface area contributed by atoms with Crippen LogP contribution in [-0.4, -0.2) is 57.7 Å². The summed E-state index contributed by atoms with van der Waals surface area (Å²) in [5, 5.41) is 5.60. The number of aliphatic imine (C=N–C) groups is 1. The van der Waals surface area contributed by atoms with Crippen molar-refractivity contribution < 1.29 is 14.3 Å². The molecule has 8 heteroatoms. The summed E-state index contributed by atoms with van der Waals surface area (Å²) in [7, 11) is 0. The van der Waals surface area contributed by atoms with Crippen LogP contribution in [0.25, 0.3) is 23.0 Å². The molecule has 184 valence electrons. The van der Waals surface area contributed by atoms with Gasteiger partial charge >= 0.3 is 0 Å². The molecule has 0 saturated carbocycles. The molecule has 7 nitrogen and oxygen atoms in total. The molecule has 2 unspecified atom stereocenters. The molecule has 36 heavy (non-hydrogen) atoms. The zero-order valence-electron chi connectivity index (χ0n) is 20.3. The van der Waals surface area contributed by atoms with Crippen molar-refractivity contribution in [2.24, 2.45) is 4.99 Å². The van der Waals surface area contributed by atoms with Gasteiger partial charge in [0, 0.05) is 30.4 Å². The second-order valence-corrected chi connectivity index (χ2v) is 9.82. The van der Waals surface area contributed by atoms with Crippen molar-refractivity contribution >= 4 is 28.9 Å². The Bertz CT molecular complexity index is 1300. The highest BCUT2D eigenvalue weighted by Crippen LogP contribution is 2.34. The first-order chi connectivity index (χ1) is 17.5. The van der Waals surface area contributed by atoms with Crippen LogP contribution in [0.2, 0.25) is 0 Å². The van der Waals surface area contributed by atoms with E-state index >= 15 is 0 Å². The van der Waals surface area contributed by atoms with Gasteiger partial charge in [0.05, 0.1) is 28.5 Å². The van der Waals surface area contributed by atoms with Gasteiger partial charge < -0.3 is 14.4 Å². The van der Waals surface area contributed by atoms with Crippen LogP contribution in [0.3, 0.4) is 0 Å². The van der Waals surface area contributed by atoms with E-state index in [9.17, 15) is 4.79 Å². The summed E-state index contributed by atoms with van der Waals surface area (Å²) in [5.74, 6) is 0.531. The van der Waals surface area contributed by atoms with Gasteiger partial charge in [-0.3, -0.25) is 4.79 Å². The number of amides is 1. The maximum atomic E-state index is 12.9. The molecule has 0 aliphatic carbocycles. The Labute approximate surface area is 215 Å². The van der Waals surface area contributed by atoms with Crippen LogP contribution in [-0.2, 0) is 9.53 Å². The molecule has 1 fully saturated rings.